The highest BCUT2D eigenvalue weighted by molar-refractivity contribution is 7.90. The molecule has 41 heavy (non-hydrogen) atoms. The van der Waals surface area contributed by atoms with Crippen molar-refractivity contribution in [1.82, 2.24) is 29.8 Å². The number of methoxy groups -OCH3 is 1. The Morgan fingerprint density at radius 3 is 2.56 bits per heavy atom. The molecule has 2 amide bonds. The van der Waals surface area contributed by atoms with E-state index < -0.39 is 28.4 Å². The topological polar surface area (TPSA) is 128 Å². The number of fused-ring (bicyclic) bond motifs is 1. The molecule has 2 heterocycles. The molecule has 1 aliphatic rings. The molecule has 0 saturated heterocycles. The number of nitrogens with one attached hydrogen (secondary N) is 2. The second-order valence-electron chi connectivity index (χ2n) is 9.28. The minimum Gasteiger partial charge on any atom is -0.495 e. The smallest absolute Gasteiger partial charge is 0.329 e. The summed E-state index contributed by atoms with van der Waals surface area (Å²) in [4.78, 5) is 21.1. The molecule has 0 fully saturated rings. The summed E-state index contributed by atoms with van der Waals surface area (Å²) in [5.41, 5.74) is 3.65. The van der Waals surface area contributed by atoms with E-state index in [2.05, 4.69) is 20.4 Å². The lowest BCUT2D eigenvalue weighted by atomic mass is 9.92. The van der Waals surface area contributed by atoms with Crippen molar-refractivity contribution in [3.05, 3.63) is 94.8 Å². The van der Waals surface area contributed by atoms with Gasteiger partial charge in [-0.25, -0.2) is 32.3 Å². The number of amides is 2. The van der Waals surface area contributed by atoms with Crippen LogP contribution in [0.3, 0.4) is 0 Å². The summed E-state index contributed by atoms with van der Waals surface area (Å²) >= 11 is 6.00. The fraction of sp³-hybridized carbons (Fsp3) is 0.214. The van der Waals surface area contributed by atoms with Gasteiger partial charge in [0, 0.05) is 29.1 Å². The highest BCUT2D eigenvalue weighted by Gasteiger charge is 2.24. The summed E-state index contributed by atoms with van der Waals surface area (Å²) in [6, 6.07) is 12.3. The minimum absolute atomic E-state index is 0.0648. The van der Waals surface area contributed by atoms with Crippen LogP contribution < -0.4 is 14.8 Å². The van der Waals surface area contributed by atoms with Gasteiger partial charge in [-0.15, -0.1) is 0 Å². The molecule has 0 spiro atoms. The van der Waals surface area contributed by atoms with E-state index in [0.717, 1.165) is 35.6 Å². The van der Waals surface area contributed by atoms with Crippen molar-refractivity contribution in [3.63, 3.8) is 0 Å². The average Bonchev–Trinajstić information content (AvgIpc) is 3.39. The molecule has 4 aromatic rings. The van der Waals surface area contributed by atoms with Crippen LogP contribution in [-0.2, 0) is 23.0 Å². The lowest BCUT2D eigenvalue weighted by Crippen LogP contribution is -2.40. The van der Waals surface area contributed by atoms with Crippen molar-refractivity contribution in [2.24, 2.45) is 0 Å². The summed E-state index contributed by atoms with van der Waals surface area (Å²) in [5, 5.41) is 6.82. The van der Waals surface area contributed by atoms with Gasteiger partial charge >= 0.3 is 6.03 Å². The van der Waals surface area contributed by atoms with E-state index in [1.54, 1.807) is 23.3 Å². The molecule has 10 nitrogen and oxygen atoms in total. The van der Waals surface area contributed by atoms with Gasteiger partial charge in [-0.05, 0) is 43.0 Å². The van der Waals surface area contributed by atoms with E-state index in [0.29, 0.717) is 30.1 Å². The summed E-state index contributed by atoms with van der Waals surface area (Å²) in [5.74, 6) is 0.305. The number of urea groups is 1. The fourth-order valence-corrected chi connectivity index (χ4v) is 5.83. The molecule has 0 aliphatic heterocycles. The standard InChI is InChI=1S/C28H26ClFN6O4S/c1-40-25-11-10-21(12-23(25)29)41(38,39)35-28(37)33-16-24(30)22-9-5-8-20-15-34-36(26(20)22)17-18-13-31-27(32-14-18)19-6-3-2-4-7-19/h2-4,6-7,10-15H,5,8-9,16-17H2,1H3,(H2,33,35,37). The van der Waals surface area contributed by atoms with Crippen molar-refractivity contribution < 1.29 is 22.3 Å². The van der Waals surface area contributed by atoms with Gasteiger partial charge < -0.3 is 10.1 Å². The highest BCUT2D eigenvalue weighted by Crippen LogP contribution is 2.34. The van der Waals surface area contributed by atoms with Crippen LogP contribution in [0, 0.1) is 0 Å². The van der Waals surface area contributed by atoms with Gasteiger partial charge in [0.2, 0.25) is 0 Å². The van der Waals surface area contributed by atoms with Gasteiger partial charge in [0.25, 0.3) is 10.0 Å². The Balaban J connectivity index is 1.28. The number of benzene rings is 2. The number of ether oxygens (including phenoxy) is 1. The second kappa shape index (κ2) is 12.1. The third kappa shape index (κ3) is 6.39. The number of rotatable bonds is 8. The van der Waals surface area contributed by atoms with Gasteiger partial charge in [0.1, 0.15) is 11.6 Å². The number of hydrogen-bond donors (Lipinski definition) is 2. The largest absolute Gasteiger partial charge is 0.495 e. The van der Waals surface area contributed by atoms with Gasteiger partial charge in [-0.3, -0.25) is 4.68 Å². The van der Waals surface area contributed by atoms with E-state index in [-0.39, 0.29) is 15.7 Å². The molecule has 0 radical (unpaired) electrons. The number of halogens is 2. The average molecular weight is 597 g/mol. The Bertz CT molecular complexity index is 1710. The lowest BCUT2D eigenvalue weighted by molar-refractivity contribution is 0.246. The zero-order valence-electron chi connectivity index (χ0n) is 22.0. The van der Waals surface area contributed by atoms with Crippen LogP contribution >= 0.6 is 11.6 Å². The first-order chi connectivity index (χ1) is 19.7. The first-order valence-electron chi connectivity index (χ1n) is 12.7. The third-order valence-corrected chi connectivity index (χ3v) is 8.16. The van der Waals surface area contributed by atoms with Crippen molar-refractivity contribution in [1.29, 1.82) is 0 Å². The lowest BCUT2D eigenvalue weighted by Gasteiger charge is -2.19. The number of nitrogens with zero attached hydrogens (tertiary/aromatic N) is 4. The molecule has 5 rings (SSSR count). The van der Waals surface area contributed by atoms with Crippen molar-refractivity contribution in [2.45, 2.75) is 30.7 Å². The van der Waals surface area contributed by atoms with E-state index in [4.69, 9.17) is 16.3 Å². The second-order valence-corrected chi connectivity index (χ2v) is 11.4. The number of carbonyl (C=O) groups is 1. The number of hydrogen-bond acceptors (Lipinski definition) is 7. The number of carbonyl (C=O) groups excluding carboxylic acids is 1. The number of aryl methyl sites for hydroxylation is 1. The molecule has 0 unspecified atom stereocenters. The first kappa shape index (κ1) is 28.2. The Morgan fingerprint density at radius 1 is 1.10 bits per heavy atom. The fourth-order valence-electron chi connectivity index (χ4n) is 4.56. The van der Waals surface area contributed by atoms with Crippen LogP contribution in [0.25, 0.3) is 17.0 Å². The third-order valence-electron chi connectivity index (χ3n) is 6.54. The SMILES string of the molecule is COc1ccc(S(=O)(=O)NC(=O)NCC(F)=C2CCCc3cnn(Cc4cnc(-c5ccccc5)nc4)c32)cc1Cl. The maximum absolute atomic E-state index is 15.4. The maximum atomic E-state index is 15.4. The molecule has 13 heteroatoms. The molecule has 0 atom stereocenters. The monoisotopic (exact) mass is 596 g/mol. The van der Waals surface area contributed by atoms with Crippen molar-refractivity contribution >= 4 is 33.2 Å². The van der Waals surface area contributed by atoms with Crippen LogP contribution in [0.5, 0.6) is 5.75 Å². The van der Waals surface area contributed by atoms with Crippen LogP contribution in [0.15, 0.2) is 77.8 Å². The number of allylic oxidation sites excluding steroid dienone is 1. The van der Waals surface area contributed by atoms with Crippen LogP contribution in [0.4, 0.5) is 9.18 Å². The molecule has 1 aliphatic carbocycles. The minimum atomic E-state index is -4.25. The van der Waals surface area contributed by atoms with E-state index in [9.17, 15) is 13.2 Å². The van der Waals surface area contributed by atoms with Crippen LogP contribution in [-0.4, -0.2) is 47.9 Å². The van der Waals surface area contributed by atoms with Gasteiger partial charge in [0.15, 0.2) is 5.82 Å². The molecular formula is C28H26ClFN6O4S. The number of sulfonamides is 1. The zero-order chi connectivity index (χ0) is 29.0. The summed E-state index contributed by atoms with van der Waals surface area (Å²) < 4.78 is 49.2. The number of aromatic nitrogens is 4. The van der Waals surface area contributed by atoms with Crippen LogP contribution in [0.2, 0.25) is 5.02 Å². The van der Waals surface area contributed by atoms with E-state index in [1.807, 2.05) is 35.1 Å². The summed E-state index contributed by atoms with van der Waals surface area (Å²) in [7, 11) is -2.86. The normalized spacial score (nSPS) is 14.2. The highest BCUT2D eigenvalue weighted by atomic mass is 35.5. The first-order valence-corrected chi connectivity index (χ1v) is 14.5. The molecule has 2 aromatic heterocycles. The Labute approximate surface area is 241 Å². The zero-order valence-corrected chi connectivity index (χ0v) is 23.5. The maximum Gasteiger partial charge on any atom is 0.329 e. The molecule has 0 saturated carbocycles. The molecule has 2 aromatic carbocycles. The van der Waals surface area contributed by atoms with Gasteiger partial charge in [-0.2, -0.15) is 5.10 Å². The molecule has 0 bridgehead atoms. The van der Waals surface area contributed by atoms with Gasteiger partial charge in [0.05, 0.1) is 42.0 Å². The van der Waals surface area contributed by atoms with E-state index in [1.165, 1.54) is 19.2 Å². The van der Waals surface area contributed by atoms with Crippen LogP contribution in [0.1, 0.15) is 29.7 Å². The Hall–Kier alpha value is -4.29. The Morgan fingerprint density at radius 2 is 1.85 bits per heavy atom. The summed E-state index contributed by atoms with van der Waals surface area (Å²) in [6.45, 7) is -0.169. The molecule has 212 valence electrons. The molecule has 2 N–H and O–H groups in total. The van der Waals surface area contributed by atoms with E-state index >= 15 is 4.39 Å². The molecular weight excluding hydrogens is 571 g/mol. The predicted molar refractivity (Wildman–Crippen MR) is 151 cm³/mol. The van der Waals surface area contributed by atoms with Crippen molar-refractivity contribution in [3.8, 4) is 17.1 Å². The Kier molecular flexibility index (Phi) is 8.31. The van der Waals surface area contributed by atoms with Crippen molar-refractivity contribution in [2.75, 3.05) is 13.7 Å². The summed E-state index contributed by atoms with van der Waals surface area (Å²) in [6.07, 6.45) is 7.05. The predicted octanol–water partition coefficient (Wildman–Crippen LogP) is 4.76. The van der Waals surface area contributed by atoms with Gasteiger partial charge in [-0.1, -0.05) is 41.9 Å². The quantitative estimate of drug-likeness (QED) is 0.300.